The summed E-state index contributed by atoms with van der Waals surface area (Å²) >= 11 is 3.58. The molecule has 0 amide bonds. The molecule has 2 heterocycles. The molecule has 1 aliphatic rings. The first kappa shape index (κ1) is 14.9. The maximum absolute atomic E-state index is 4.94. The van der Waals surface area contributed by atoms with Gasteiger partial charge in [0, 0.05) is 22.1 Å². The first-order valence-corrected chi connectivity index (χ1v) is 8.69. The van der Waals surface area contributed by atoms with Crippen LogP contribution in [0.1, 0.15) is 64.5 Å². The van der Waals surface area contributed by atoms with Gasteiger partial charge in [0.05, 0.1) is 5.69 Å². The zero-order valence-electron chi connectivity index (χ0n) is 13.1. The monoisotopic (exact) mass is 349 g/mol. The number of halogens is 1. The summed E-state index contributed by atoms with van der Waals surface area (Å²) in [6.45, 7) is 6.61. The molecule has 1 fully saturated rings. The number of pyridine rings is 1. The number of nitrogens with zero attached hydrogens (tertiary/aromatic N) is 2. The second-order valence-electron chi connectivity index (χ2n) is 7.13. The minimum Gasteiger partial charge on any atom is -0.365 e. The Labute approximate surface area is 135 Å². The molecule has 1 saturated carbocycles. The van der Waals surface area contributed by atoms with Crippen molar-refractivity contribution in [1.82, 2.24) is 9.38 Å². The van der Waals surface area contributed by atoms with Crippen LogP contribution in [0.5, 0.6) is 0 Å². The Bertz CT molecular complexity index is 633. The lowest BCUT2D eigenvalue weighted by molar-refractivity contribution is 0.438. The highest BCUT2D eigenvalue weighted by atomic mass is 79.9. The Morgan fingerprint density at radius 3 is 2.57 bits per heavy atom. The summed E-state index contributed by atoms with van der Waals surface area (Å²) < 4.78 is 3.28. The van der Waals surface area contributed by atoms with Crippen molar-refractivity contribution >= 4 is 27.4 Å². The second kappa shape index (κ2) is 5.64. The fourth-order valence-corrected chi connectivity index (χ4v) is 3.51. The molecule has 114 valence electrons. The number of nitrogens with one attached hydrogen (secondary N) is 1. The summed E-state index contributed by atoms with van der Waals surface area (Å²) in [5.74, 6) is 1.77. The molecule has 0 saturated heterocycles. The second-order valence-corrected chi connectivity index (χ2v) is 8.05. The topological polar surface area (TPSA) is 29.3 Å². The van der Waals surface area contributed by atoms with Gasteiger partial charge >= 0.3 is 0 Å². The van der Waals surface area contributed by atoms with Crippen molar-refractivity contribution < 1.29 is 0 Å². The van der Waals surface area contributed by atoms with Gasteiger partial charge in [-0.1, -0.05) is 19.3 Å². The number of hydrogen-bond acceptors (Lipinski definition) is 2. The molecule has 0 radical (unpaired) electrons. The van der Waals surface area contributed by atoms with Crippen LogP contribution in [0.2, 0.25) is 0 Å². The van der Waals surface area contributed by atoms with E-state index in [0.717, 1.165) is 10.1 Å². The van der Waals surface area contributed by atoms with Crippen molar-refractivity contribution in [3.8, 4) is 0 Å². The van der Waals surface area contributed by atoms with Crippen molar-refractivity contribution in [2.45, 2.75) is 64.3 Å². The number of aromatic nitrogens is 2. The van der Waals surface area contributed by atoms with Crippen LogP contribution in [0.3, 0.4) is 0 Å². The highest BCUT2D eigenvalue weighted by Crippen LogP contribution is 2.37. The molecule has 0 atom stereocenters. The van der Waals surface area contributed by atoms with E-state index in [0.29, 0.717) is 5.92 Å². The summed E-state index contributed by atoms with van der Waals surface area (Å²) in [4.78, 5) is 4.94. The van der Waals surface area contributed by atoms with Gasteiger partial charge in [-0.25, -0.2) is 4.98 Å². The predicted molar refractivity (Wildman–Crippen MR) is 92.1 cm³/mol. The van der Waals surface area contributed by atoms with Gasteiger partial charge in [0.15, 0.2) is 0 Å². The standard InChI is InChI=1S/C17H24BrN3/c1-17(2,3)20-16-15(12-7-5-4-6-8-12)19-14-10-9-13(18)11-21(14)16/h9-12,20H,4-8H2,1-3H3. The van der Waals surface area contributed by atoms with E-state index in [2.05, 4.69) is 64.7 Å². The van der Waals surface area contributed by atoms with Gasteiger partial charge in [0.1, 0.15) is 11.5 Å². The zero-order valence-corrected chi connectivity index (χ0v) is 14.7. The molecular formula is C17H24BrN3. The van der Waals surface area contributed by atoms with E-state index in [-0.39, 0.29) is 5.54 Å². The first-order valence-electron chi connectivity index (χ1n) is 7.90. The molecule has 21 heavy (non-hydrogen) atoms. The van der Waals surface area contributed by atoms with Crippen LogP contribution in [-0.4, -0.2) is 14.9 Å². The van der Waals surface area contributed by atoms with E-state index in [1.54, 1.807) is 0 Å². The van der Waals surface area contributed by atoms with Crippen molar-refractivity contribution in [2.75, 3.05) is 5.32 Å². The highest BCUT2D eigenvalue weighted by Gasteiger charge is 2.25. The lowest BCUT2D eigenvalue weighted by Gasteiger charge is -2.26. The van der Waals surface area contributed by atoms with Gasteiger partial charge in [0.2, 0.25) is 0 Å². The lowest BCUT2D eigenvalue weighted by Crippen LogP contribution is -2.28. The number of imidazole rings is 1. The predicted octanol–water partition coefficient (Wildman–Crippen LogP) is 5.35. The maximum atomic E-state index is 4.94. The molecule has 3 nitrogen and oxygen atoms in total. The molecule has 1 N–H and O–H groups in total. The molecule has 0 spiro atoms. The van der Waals surface area contributed by atoms with Crippen molar-refractivity contribution in [3.63, 3.8) is 0 Å². The van der Waals surface area contributed by atoms with Gasteiger partial charge in [-0.2, -0.15) is 0 Å². The molecule has 0 bridgehead atoms. The molecule has 4 heteroatoms. The van der Waals surface area contributed by atoms with Gasteiger partial charge in [0.25, 0.3) is 0 Å². The third-order valence-electron chi connectivity index (χ3n) is 4.09. The number of rotatable bonds is 2. The van der Waals surface area contributed by atoms with E-state index >= 15 is 0 Å². The fraction of sp³-hybridized carbons (Fsp3) is 0.588. The van der Waals surface area contributed by atoms with Gasteiger partial charge in [-0.15, -0.1) is 0 Å². The van der Waals surface area contributed by atoms with Crippen molar-refractivity contribution in [2.24, 2.45) is 0 Å². The number of anilines is 1. The van der Waals surface area contributed by atoms with Crippen LogP contribution >= 0.6 is 15.9 Å². The smallest absolute Gasteiger partial charge is 0.138 e. The largest absolute Gasteiger partial charge is 0.365 e. The van der Waals surface area contributed by atoms with Crippen molar-refractivity contribution in [1.29, 1.82) is 0 Å². The summed E-state index contributed by atoms with van der Waals surface area (Å²) in [5.41, 5.74) is 2.31. The lowest BCUT2D eigenvalue weighted by atomic mass is 9.87. The zero-order chi connectivity index (χ0) is 15.0. The minimum absolute atomic E-state index is 0.0295. The highest BCUT2D eigenvalue weighted by molar-refractivity contribution is 9.10. The van der Waals surface area contributed by atoms with Crippen molar-refractivity contribution in [3.05, 3.63) is 28.5 Å². The Hall–Kier alpha value is -1.03. The normalized spacial score (nSPS) is 17.3. The minimum atomic E-state index is 0.0295. The van der Waals surface area contributed by atoms with E-state index in [9.17, 15) is 0 Å². The maximum Gasteiger partial charge on any atom is 0.138 e. The molecule has 3 rings (SSSR count). The van der Waals surface area contributed by atoms with Crippen LogP contribution in [-0.2, 0) is 0 Å². The summed E-state index contributed by atoms with van der Waals surface area (Å²) in [6, 6.07) is 4.15. The third kappa shape index (κ3) is 3.25. The molecule has 2 aromatic rings. The van der Waals surface area contributed by atoms with Gasteiger partial charge in [-0.05, 0) is 61.7 Å². The number of fused-ring (bicyclic) bond motifs is 1. The molecular weight excluding hydrogens is 326 g/mol. The van der Waals surface area contributed by atoms with Crippen LogP contribution in [0.15, 0.2) is 22.8 Å². The number of hydrogen-bond donors (Lipinski definition) is 1. The van der Waals surface area contributed by atoms with Crippen LogP contribution in [0, 0.1) is 0 Å². The quantitative estimate of drug-likeness (QED) is 0.791. The average Bonchev–Trinajstić information content (AvgIpc) is 2.76. The van der Waals surface area contributed by atoms with E-state index in [1.165, 1.54) is 43.6 Å². The van der Waals surface area contributed by atoms with E-state index < -0.39 is 0 Å². The van der Waals surface area contributed by atoms with Gasteiger partial charge in [-0.3, -0.25) is 4.40 Å². The summed E-state index contributed by atoms with van der Waals surface area (Å²) in [5, 5.41) is 3.68. The van der Waals surface area contributed by atoms with Crippen LogP contribution < -0.4 is 5.32 Å². The third-order valence-corrected chi connectivity index (χ3v) is 4.56. The van der Waals surface area contributed by atoms with Crippen LogP contribution in [0.25, 0.3) is 5.65 Å². The Balaban J connectivity index is 2.10. The molecule has 0 aliphatic heterocycles. The molecule has 0 aromatic carbocycles. The fourth-order valence-electron chi connectivity index (χ4n) is 3.18. The van der Waals surface area contributed by atoms with Gasteiger partial charge < -0.3 is 5.32 Å². The Morgan fingerprint density at radius 1 is 1.19 bits per heavy atom. The SMILES string of the molecule is CC(C)(C)Nc1c(C2CCCCC2)nc2ccc(Br)cn12. The Morgan fingerprint density at radius 2 is 1.90 bits per heavy atom. The average molecular weight is 350 g/mol. The summed E-state index contributed by atoms with van der Waals surface area (Å²) in [6.07, 6.45) is 8.68. The van der Waals surface area contributed by atoms with E-state index in [1.807, 2.05) is 0 Å². The van der Waals surface area contributed by atoms with Crippen LogP contribution in [0.4, 0.5) is 5.82 Å². The molecule has 0 unspecified atom stereocenters. The Kier molecular flexibility index (Phi) is 4.00. The molecule has 1 aliphatic carbocycles. The van der Waals surface area contributed by atoms with E-state index in [4.69, 9.17) is 4.98 Å². The summed E-state index contributed by atoms with van der Waals surface area (Å²) in [7, 11) is 0. The molecule has 2 aromatic heterocycles. The first-order chi connectivity index (χ1) is 9.94.